The van der Waals surface area contributed by atoms with E-state index in [4.69, 9.17) is 29.9 Å². The highest BCUT2D eigenvalue weighted by atomic mass is 19.4. The highest BCUT2D eigenvalue weighted by Crippen LogP contribution is 2.49. The van der Waals surface area contributed by atoms with Crippen molar-refractivity contribution in [3.63, 3.8) is 0 Å². The quantitative estimate of drug-likeness (QED) is 0.0966. The van der Waals surface area contributed by atoms with Gasteiger partial charge in [0.25, 0.3) is 0 Å². The van der Waals surface area contributed by atoms with Crippen LogP contribution in [-0.4, -0.2) is 39.0 Å². The first kappa shape index (κ1) is 73.4. The molecule has 1 atom stereocenters. The van der Waals surface area contributed by atoms with Crippen molar-refractivity contribution in [1.82, 2.24) is 39.0 Å². The number of nitrogens with zero attached hydrogens (tertiary/aromatic N) is 11. The predicted octanol–water partition coefficient (Wildman–Crippen LogP) is 26.1. The zero-order chi connectivity index (χ0) is 81.2. The molecule has 4 heterocycles. The van der Waals surface area contributed by atoms with Crippen LogP contribution in [0.25, 0.3) is 180 Å². The van der Waals surface area contributed by atoms with Gasteiger partial charge in [0.1, 0.15) is 0 Å². The van der Waals surface area contributed by atoms with Crippen LogP contribution in [0.2, 0.25) is 0 Å². The van der Waals surface area contributed by atoms with Crippen LogP contribution in [-0.2, 0) is 12.4 Å². The average Bonchev–Trinajstić information content (AvgIpc) is 1.58. The molecule has 0 amide bonds. The third kappa shape index (κ3) is 13.8. The monoisotopic (exact) mass is 1550 g/mol. The Balaban J connectivity index is 0.795. The number of aromatic nitrogens is 8. The summed E-state index contributed by atoms with van der Waals surface area (Å²) in [5.41, 5.74) is 16.4. The third-order valence-electron chi connectivity index (χ3n) is 22.0. The number of fused-ring (bicyclic) bond motifs is 6. The summed E-state index contributed by atoms with van der Waals surface area (Å²) in [5.74, 6) is 1.71. The number of hydrogen-bond donors (Lipinski definition) is 0. The lowest BCUT2D eigenvalue weighted by atomic mass is 9.84. The lowest BCUT2D eigenvalue weighted by Crippen LogP contribution is -2.10. The van der Waals surface area contributed by atoms with Crippen molar-refractivity contribution in [2.45, 2.75) is 31.6 Å². The average molecular weight is 1550 g/mol. The number of alkyl halides is 6. The summed E-state index contributed by atoms with van der Waals surface area (Å²) >= 11 is 0. The van der Waals surface area contributed by atoms with E-state index in [2.05, 4.69) is 52.5 Å². The number of halogens is 6. The van der Waals surface area contributed by atoms with Crippen molar-refractivity contribution in [2.24, 2.45) is 0 Å². The molecule has 19 rings (SSSR count). The van der Waals surface area contributed by atoms with Crippen LogP contribution in [0.3, 0.4) is 0 Å². The largest absolute Gasteiger partial charge is 0.416 e. The molecule has 0 fully saturated rings. The molecular weight excluding hydrogens is 1490 g/mol. The van der Waals surface area contributed by atoms with Crippen LogP contribution >= 0.6 is 0 Å². The first-order chi connectivity index (χ1) is 58.0. The molecule has 0 saturated heterocycles. The van der Waals surface area contributed by atoms with Crippen LogP contribution in [0.5, 0.6) is 0 Å². The van der Waals surface area contributed by atoms with Gasteiger partial charge in [-0.2, -0.15) is 42.1 Å². The maximum Gasteiger partial charge on any atom is 0.416 e. The van der Waals surface area contributed by atoms with Crippen LogP contribution in [0.4, 0.5) is 26.3 Å². The summed E-state index contributed by atoms with van der Waals surface area (Å²) in [7, 11) is 0. The van der Waals surface area contributed by atoms with Gasteiger partial charge in [0.15, 0.2) is 34.9 Å². The van der Waals surface area contributed by atoms with E-state index in [-0.39, 0.29) is 23.1 Å². The summed E-state index contributed by atoms with van der Waals surface area (Å²) in [6, 6.07) is 106. The van der Waals surface area contributed by atoms with Crippen molar-refractivity contribution < 1.29 is 26.3 Å². The molecule has 119 heavy (non-hydrogen) atoms. The standard InChI is InChI=1S/C102H61F6N11/c1-61-47-75(67-29-16-19-62(48-67)58-109)52-88-87-42-36-69(53-93(87)119(94(61)88)80-40-46-84(71-31-18-33-78(51-71)102(106,107)108)90(57-80)100-116-97(65-24-10-4-11-25-65)113-98(117-100)66-26-12-5-13-27-66)68-35-41-82(76(49-68)60-111)73-38-44-86-85-43-37-72(81-34-15-14-28-74(81)59-110)54-91(85)118(92(86)55-73)79-39-45-83(70-30-17-32-77(50-70)101(103,104)105)89(56-79)99-114-95(63-20-6-2-7-21-63)112-96(115-99)64-22-8-3-9-23-64/h2-46,48-57,61H,47H2,1H3. The Labute approximate surface area is 679 Å². The summed E-state index contributed by atoms with van der Waals surface area (Å²) in [6.45, 7) is 2.17. The molecule has 14 aromatic carbocycles. The first-order valence-corrected chi connectivity index (χ1v) is 38.4. The van der Waals surface area contributed by atoms with Crippen molar-refractivity contribution in [1.29, 1.82) is 15.8 Å². The second-order valence-electron chi connectivity index (χ2n) is 29.4. The lowest BCUT2D eigenvalue weighted by molar-refractivity contribution is -0.138. The molecule has 0 aliphatic heterocycles. The maximum atomic E-state index is 14.8. The Morgan fingerprint density at radius 3 is 1.18 bits per heavy atom. The molecule has 0 radical (unpaired) electrons. The summed E-state index contributed by atoms with van der Waals surface area (Å²) < 4.78 is 93.0. The van der Waals surface area contributed by atoms with Gasteiger partial charge in [0, 0.05) is 78.1 Å². The van der Waals surface area contributed by atoms with Crippen molar-refractivity contribution >= 4 is 44.4 Å². The van der Waals surface area contributed by atoms with E-state index in [1.165, 1.54) is 12.1 Å². The van der Waals surface area contributed by atoms with E-state index in [1.807, 2.05) is 249 Å². The minimum absolute atomic E-state index is 0.143. The Kier molecular flexibility index (Phi) is 18.4. The minimum atomic E-state index is -4.66. The second kappa shape index (κ2) is 29.9. The van der Waals surface area contributed by atoms with Crippen molar-refractivity contribution in [3.05, 3.63) is 372 Å². The van der Waals surface area contributed by atoms with Crippen molar-refractivity contribution in [3.8, 4) is 154 Å². The molecule has 0 N–H and O–H groups in total. The fourth-order valence-electron chi connectivity index (χ4n) is 16.4. The van der Waals surface area contributed by atoms with E-state index in [1.54, 1.807) is 30.3 Å². The zero-order valence-electron chi connectivity index (χ0n) is 63.2. The fraction of sp³-hybridized carbons (Fsp3) is 0.0490. The van der Waals surface area contributed by atoms with E-state index in [9.17, 15) is 42.1 Å². The van der Waals surface area contributed by atoms with Gasteiger partial charge < -0.3 is 9.13 Å². The summed E-state index contributed by atoms with van der Waals surface area (Å²) in [6.07, 6.45) is -6.53. The number of allylic oxidation sites excluding steroid dienone is 1. The van der Waals surface area contributed by atoms with Crippen LogP contribution in [0.1, 0.15) is 63.9 Å². The molecule has 4 aromatic heterocycles. The van der Waals surface area contributed by atoms with E-state index >= 15 is 0 Å². The highest BCUT2D eigenvalue weighted by Gasteiger charge is 2.34. The van der Waals surface area contributed by atoms with Gasteiger partial charge in [0.2, 0.25) is 0 Å². The first-order valence-electron chi connectivity index (χ1n) is 38.4. The van der Waals surface area contributed by atoms with Crippen LogP contribution in [0, 0.1) is 34.0 Å². The van der Waals surface area contributed by atoms with Gasteiger partial charge in [-0.25, -0.2) is 29.9 Å². The second-order valence-corrected chi connectivity index (χ2v) is 29.4. The van der Waals surface area contributed by atoms with Gasteiger partial charge in [-0.3, -0.25) is 0 Å². The molecule has 11 nitrogen and oxygen atoms in total. The van der Waals surface area contributed by atoms with Gasteiger partial charge >= 0.3 is 12.4 Å². The molecule has 1 unspecified atom stereocenters. The predicted molar refractivity (Wildman–Crippen MR) is 456 cm³/mol. The molecule has 1 aliphatic carbocycles. The highest BCUT2D eigenvalue weighted by molar-refractivity contribution is 6.12. The van der Waals surface area contributed by atoms with Gasteiger partial charge in [-0.1, -0.05) is 244 Å². The van der Waals surface area contributed by atoms with Gasteiger partial charge in [-0.05, 0) is 170 Å². The molecule has 1 aliphatic rings. The molecule has 0 saturated carbocycles. The van der Waals surface area contributed by atoms with Crippen LogP contribution in [0.15, 0.2) is 328 Å². The smallest absolute Gasteiger partial charge is 0.313 e. The van der Waals surface area contributed by atoms with E-state index < -0.39 is 23.5 Å². The number of nitriles is 3. The Bertz CT molecular complexity index is 7180. The van der Waals surface area contributed by atoms with E-state index in [0.717, 1.165) is 90.5 Å². The van der Waals surface area contributed by atoms with Gasteiger partial charge in [0.05, 0.1) is 62.6 Å². The van der Waals surface area contributed by atoms with Crippen LogP contribution < -0.4 is 0 Å². The third-order valence-corrected chi connectivity index (χ3v) is 22.0. The lowest BCUT2D eigenvalue weighted by Gasteiger charge is -2.24. The van der Waals surface area contributed by atoms with Gasteiger partial charge in [-0.15, -0.1) is 0 Å². The fourth-order valence-corrected chi connectivity index (χ4v) is 16.4. The Morgan fingerprint density at radius 2 is 0.689 bits per heavy atom. The molecule has 18 aromatic rings. The molecule has 0 bridgehead atoms. The normalized spacial score (nSPS) is 12.7. The number of rotatable bonds is 14. The molecular formula is C102H61F6N11. The Hall–Kier alpha value is -15.8. The maximum absolute atomic E-state index is 14.8. The summed E-state index contributed by atoms with van der Waals surface area (Å²) in [4.78, 5) is 30.6. The van der Waals surface area contributed by atoms with Crippen molar-refractivity contribution in [2.75, 3.05) is 0 Å². The topological polar surface area (TPSA) is 159 Å². The number of benzene rings is 14. The summed E-state index contributed by atoms with van der Waals surface area (Å²) in [5, 5.41) is 34.7. The zero-order valence-corrected chi connectivity index (χ0v) is 63.2. The molecule has 0 spiro atoms. The minimum Gasteiger partial charge on any atom is -0.313 e. The SMILES string of the molecule is CC1CC(c2cccc(C#N)c2)=Cc2c1n(-c1ccc(-c3cccc(C(F)(F)F)c3)c(-c3nc(-c4ccccc4)nc(-c4ccccc4)n3)c1)c1cc(-c3ccc(-c4ccc5c6ccc(-c7ccccc7C#N)cc6n(-c6ccc(-c7cccc(C(F)(F)F)c7)c(-c7nc(-c8ccccc8)nc(-c8ccccc8)n7)c6)c5c4)c(C#N)c3)ccc21. The molecule has 17 heteroatoms. The van der Waals surface area contributed by atoms with E-state index in [0.29, 0.717) is 130 Å². The Morgan fingerprint density at radius 1 is 0.303 bits per heavy atom. The molecule has 566 valence electrons. The number of hydrogen-bond acceptors (Lipinski definition) is 9.